The molecular formula is C8H14O2S. The van der Waals surface area contributed by atoms with Crippen molar-refractivity contribution in [2.24, 2.45) is 0 Å². The molecule has 1 aliphatic heterocycles. The Balaban J connectivity index is 2.54. The molecule has 0 unspecified atom stereocenters. The molecule has 1 rings (SSSR count). The Labute approximate surface area is 68.2 Å². The molecule has 64 valence electrons. The number of sulfone groups is 1. The van der Waals surface area contributed by atoms with Gasteiger partial charge >= 0.3 is 0 Å². The number of rotatable bonds is 0. The van der Waals surface area contributed by atoms with Gasteiger partial charge in [0.2, 0.25) is 0 Å². The molecule has 1 aliphatic rings. The van der Waals surface area contributed by atoms with Crippen LogP contribution in [0.1, 0.15) is 25.7 Å². The first-order valence-corrected chi connectivity index (χ1v) is 5.88. The molecular weight excluding hydrogens is 160 g/mol. The quantitative estimate of drug-likeness (QED) is 0.522. The van der Waals surface area contributed by atoms with Crippen molar-refractivity contribution >= 4 is 9.84 Å². The molecule has 0 bridgehead atoms. The van der Waals surface area contributed by atoms with Crippen LogP contribution in [0.3, 0.4) is 0 Å². The van der Waals surface area contributed by atoms with Gasteiger partial charge in [0.1, 0.15) is 0 Å². The van der Waals surface area contributed by atoms with Gasteiger partial charge in [-0.2, -0.15) is 0 Å². The molecule has 0 N–H and O–H groups in total. The van der Waals surface area contributed by atoms with E-state index in [1.807, 2.05) is 6.08 Å². The van der Waals surface area contributed by atoms with E-state index >= 15 is 0 Å². The number of hydrogen-bond acceptors (Lipinski definition) is 2. The first-order chi connectivity index (χ1) is 5.21. The average molecular weight is 174 g/mol. The van der Waals surface area contributed by atoms with Gasteiger partial charge in [0.25, 0.3) is 0 Å². The third-order valence-corrected chi connectivity index (χ3v) is 3.61. The first kappa shape index (κ1) is 8.78. The Bertz CT molecular complexity index is 226. The van der Waals surface area contributed by atoms with Gasteiger partial charge in [-0.15, -0.1) is 0 Å². The molecule has 0 spiro atoms. The van der Waals surface area contributed by atoms with Crippen LogP contribution in [0.5, 0.6) is 0 Å². The van der Waals surface area contributed by atoms with Crippen LogP contribution in [0.15, 0.2) is 12.2 Å². The Morgan fingerprint density at radius 3 is 2.45 bits per heavy atom. The summed E-state index contributed by atoms with van der Waals surface area (Å²) in [6.07, 6.45) is 7.63. The fourth-order valence-electron chi connectivity index (χ4n) is 1.17. The lowest BCUT2D eigenvalue weighted by molar-refractivity contribution is 0.592. The van der Waals surface area contributed by atoms with Gasteiger partial charge in [0.15, 0.2) is 9.84 Å². The van der Waals surface area contributed by atoms with Crippen molar-refractivity contribution in [3.8, 4) is 0 Å². The van der Waals surface area contributed by atoms with Crippen molar-refractivity contribution in [3.63, 3.8) is 0 Å². The minimum Gasteiger partial charge on any atom is -0.229 e. The summed E-state index contributed by atoms with van der Waals surface area (Å²) in [5.74, 6) is 0.720. The summed E-state index contributed by atoms with van der Waals surface area (Å²) in [5.41, 5.74) is 0. The SMILES string of the molecule is O=S1(=O)CC/C=C/CCCC1. The van der Waals surface area contributed by atoms with Gasteiger partial charge in [-0.25, -0.2) is 8.42 Å². The van der Waals surface area contributed by atoms with E-state index in [1.54, 1.807) is 0 Å². The monoisotopic (exact) mass is 174 g/mol. The van der Waals surface area contributed by atoms with Crippen molar-refractivity contribution in [2.75, 3.05) is 11.5 Å². The summed E-state index contributed by atoms with van der Waals surface area (Å²) in [6, 6.07) is 0. The van der Waals surface area contributed by atoms with Crippen LogP contribution in [0.4, 0.5) is 0 Å². The van der Waals surface area contributed by atoms with Gasteiger partial charge in [0, 0.05) is 0 Å². The molecule has 1 heterocycles. The molecule has 11 heavy (non-hydrogen) atoms. The Hall–Kier alpha value is -0.310. The zero-order chi connectivity index (χ0) is 8.16. The average Bonchev–Trinajstić information content (AvgIpc) is 2.00. The lowest BCUT2D eigenvalue weighted by Crippen LogP contribution is -2.09. The van der Waals surface area contributed by atoms with E-state index in [9.17, 15) is 8.42 Å². The van der Waals surface area contributed by atoms with E-state index in [0.29, 0.717) is 17.9 Å². The van der Waals surface area contributed by atoms with Gasteiger partial charge < -0.3 is 0 Å². The second-order valence-electron chi connectivity index (χ2n) is 2.91. The highest BCUT2D eigenvalue weighted by Crippen LogP contribution is 2.06. The zero-order valence-corrected chi connectivity index (χ0v) is 7.44. The standard InChI is InChI=1S/C8H14O2S/c9-11(10)7-5-3-1-2-4-6-8-11/h1,3H,2,4-8H2/b3-1+. The van der Waals surface area contributed by atoms with Crippen LogP contribution in [0.25, 0.3) is 0 Å². The van der Waals surface area contributed by atoms with Gasteiger partial charge in [-0.1, -0.05) is 12.2 Å². The van der Waals surface area contributed by atoms with Gasteiger partial charge in [-0.05, 0) is 25.7 Å². The van der Waals surface area contributed by atoms with Gasteiger partial charge in [-0.3, -0.25) is 0 Å². The van der Waals surface area contributed by atoms with Crippen molar-refractivity contribution in [3.05, 3.63) is 12.2 Å². The van der Waals surface area contributed by atoms with Crippen molar-refractivity contribution < 1.29 is 8.42 Å². The summed E-state index contributed by atoms with van der Waals surface area (Å²) in [7, 11) is -2.72. The smallest absolute Gasteiger partial charge is 0.150 e. The third kappa shape index (κ3) is 3.56. The molecule has 0 amide bonds. The molecule has 0 aromatic rings. The van der Waals surface area contributed by atoms with Crippen LogP contribution in [-0.2, 0) is 9.84 Å². The molecule has 0 radical (unpaired) electrons. The van der Waals surface area contributed by atoms with Crippen molar-refractivity contribution in [1.29, 1.82) is 0 Å². The maximum atomic E-state index is 11.1. The minimum atomic E-state index is -2.72. The number of hydrogen-bond donors (Lipinski definition) is 0. The maximum Gasteiger partial charge on any atom is 0.150 e. The summed E-state index contributed by atoms with van der Waals surface area (Å²) in [4.78, 5) is 0. The summed E-state index contributed by atoms with van der Waals surface area (Å²) in [6.45, 7) is 0. The second-order valence-corrected chi connectivity index (χ2v) is 5.21. The molecule has 0 saturated carbocycles. The fraction of sp³-hybridized carbons (Fsp3) is 0.750. The van der Waals surface area contributed by atoms with Crippen molar-refractivity contribution in [2.45, 2.75) is 25.7 Å². The second kappa shape index (κ2) is 3.90. The van der Waals surface area contributed by atoms with E-state index in [0.717, 1.165) is 19.3 Å². The first-order valence-electron chi connectivity index (χ1n) is 4.06. The molecule has 2 nitrogen and oxygen atoms in total. The highest BCUT2D eigenvalue weighted by atomic mass is 32.2. The predicted molar refractivity (Wildman–Crippen MR) is 46.3 cm³/mol. The third-order valence-electron chi connectivity index (χ3n) is 1.84. The lowest BCUT2D eigenvalue weighted by Gasteiger charge is -1.98. The largest absolute Gasteiger partial charge is 0.229 e. The van der Waals surface area contributed by atoms with E-state index in [-0.39, 0.29) is 0 Å². The fourth-order valence-corrected chi connectivity index (χ4v) is 2.51. The van der Waals surface area contributed by atoms with Crippen LogP contribution in [0.2, 0.25) is 0 Å². The maximum absolute atomic E-state index is 11.1. The van der Waals surface area contributed by atoms with Gasteiger partial charge in [0.05, 0.1) is 11.5 Å². The van der Waals surface area contributed by atoms with E-state index in [1.165, 1.54) is 0 Å². The zero-order valence-electron chi connectivity index (χ0n) is 6.62. The molecule has 0 atom stereocenters. The summed E-state index contributed by atoms with van der Waals surface area (Å²) in [5, 5.41) is 0. The van der Waals surface area contributed by atoms with Crippen LogP contribution in [-0.4, -0.2) is 19.9 Å². The Morgan fingerprint density at radius 1 is 0.909 bits per heavy atom. The molecule has 0 aromatic heterocycles. The van der Waals surface area contributed by atoms with E-state index in [2.05, 4.69) is 6.08 Å². The molecule has 0 saturated heterocycles. The molecule has 0 fully saturated rings. The topological polar surface area (TPSA) is 34.1 Å². The Morgan fingerprint density at radius 2 is 1.64 bits per heavy atom. The molecule has 0 aliphatic carbocycles. The molecule has 3 heteroatoms. The highest BCUT2D eigenvalue weighted by molar-refractivity contribution is 7.91. The minimum absolute atomic E-state index is 0.337. The van der Waals surface area contributed by atoms with Crippen LogP contribution >= 0.6 is 0 Å². The lowest BCUT2D eigenvalue weighted by atomic mass is 10.2. The van der Waals surface area contributed by atoms with Crippen molar-refractivity contribution in [1.82, 2.24) is 0 Å². The van der Waals surface area contributed by atoms with Crippen LogP contribution in [0, 0.1) is 0 Å². The summed E-state index contributed by atoms with van der Waals surface area (Å²) < 4.78 is 22.3. The predicted octanol–water partition coefficient (Wildman–Crippen LogP) is 1.53. The summed E-state index contributed by atoms with van der Waals surface area (Å²) >= 11 is 0. The van der Waals surface area contributed by atoms with E-state index in [4.69, 9.17) is 0 Å². The highest BCUT2D eigenvalue weighted by Gasteiger charge is 2.09. The van der Waals surface area contributed by atoms with Crippen LogP contribution < -0.4 is 0 Å². The normalized spacial score (nSPS) is 28.0. The number of allylic oxidation sites excluding steroid dienone is 2. The molecule has 0 aromatic carbocycles. The van der Waals surface area contributed by atoms with E-state index < -0.39 is 9.84 Å². The Kier molecular flexibility index (Phi) is 3.12.